The monoisotopic (exact) mass is 358 g/mol. The van der Waals surface area contributed by atoms with E-state index < -0.39 is 10.0 Å². The third kappa shape index (κ3) is 2.95. The molecule has 2 aliphatic rings. The predicted octanol–water partition coefficient (Wildman–Crippen LogP) is 2.83. The van der Waals surface area contributed by atoms with Gasteiger partial charge in [0.15, 0.2) is 11.5 Å². The van der Waals surface area contributed by atoms with Gasteiger partial charge in [0.25, 0.3) is 0 Å². The molecule has 2 aromatic carbocycles. The summed E-state index contributed by atoms with van der Waals surface area (Å²) in [6.45, 7) is 2.20. The first-order chi connectivity index (χ1) is 11.9. The molecule has 0 amide bonds. The molecule has 0 fully saturated rings. The highest BCUT2D eigenvalue weighted by Gasteiger charge is 2.34. The van der Waals surface area contributed by atoms with E-state index in [0.29, 0.717) is 23.6 Å². The van der Waals surface area contributed by atoms with Crippen molar-refractivity contribution in [2.75, 3.05) is 13.0 Å². The first kappa shape index (κ1) is 16.0. The minimum atomic E-state index is -3.47. The van der Waals surface area contributed by atoms with Crippen LogP contribution in [0.3, 0.4) is 0 Å². The van der Waals surface area contributed by atoms with Crippen LogP contribution < -0.4 is 9.47 Å². The van der Waals surface area contributed by atoms with Crippen LogP contribution in [0.4, 0.5) is 0 Å². The Bertz CT molecular complexity index is 952. The van der Waals surface area contributed by atoms with Crippen molar-refractivity contribution >= 4 is 15.7 Å². The minimum absolute atomic E-state index is 0.201. The molecular weight excluding hydrogens is 340 g/mol. The van der Waals surface area contributed by atoms with Crippen LogP contribution in [0.25, 0.3) is 0 Å². The molecule has 4 rings (SSSR count). The van der Waals surface area contributed by atoms with Crippen LogP contribution in [0.5, 0.6) is 11.5 Å². The summed E-state index contributed by atoms with van der Waals surface area (Å²) in [6.07, 6.45) is 1.69. The van der Waals surface area contributed by atoms with E-state index in [1.54, 1.807) is 0 Å². The lowest BCUT2D eigenvalue weighted by molar-refractivity contribution is 0.174. The molecule has 0 N–H and O–H groups in total. The van der Waals surface area contributed by atoms with Crippen LogP contribution in [-0.2, 0) is 10.0 Å². The first-order valence-corrected chi connectivity index (χ1v) is 9.80. The fraction of sp³-hybridized carbons (Fsp3) is 0.278. The SMILES string of the molecule is Cc1ccc(C2CC(c3ccc4c(c3)OCO4)=NN2S(C)(=O)=O)cc1. The lowest BCUT2D eigenvalue weighted by Gasteiger charge is -2.21. The van der Waals surface area contributed by atoms with Gasteiger partial charge < -0.3 is 9.47 Å². The van der Waals surface area contributed by atoms with E-state index in [-0.39, 0.29) is 12.8 Å². The zero-order valence-electron chi connectivity index (χ0n) is 14.0. The first-order valence-electron chi connectivity index (χ1n) is 7.95. The van der Waals surface area contributed by atoms with Gasteiger partial charge in [-0.15, -0.1) is 0 Å². The zero-order chi connectivity index (χ0) is 17.6. The second kappa shape index (κ2) is 5.77. The van der Waals surface area contributed by atoms with Gasteiger partial charge in [-0.3, -0.25) is 0 Å². The van der Waals surface area contributed by atoms with Gasteiger partial charge in [0.2, 0.25) is 16.8 Å². The van der Waals surface area contributed by atoms with Crippen molar-refractivity contribution in [1.29, 1.82) is 0 Å². The molecule has 130 valence electrons. The summed E-state index contributed by atoms with van der Waals surface area (Å²) in [7, 11) is -3.47. The number of hydrazone groups is 1. The molecule has 1 atom stereocenters. The van der Waals surface area contributed by atoms with Gasteiger partial charge in [-0.2, -0.15) is 9.52 Å². The number of ether oxygens (including phenoxy) is 2. The number of aryl methyl sites for hydroxylation is 1. The Balaban J connectivity index is 1.71. The molecule has 2 heterocycles. The quantitative estimate of drug-likeness (QED) is 0.846. The third-order valence-electron chi connectivity index (χ3n) is 4.38. The van der Waals surface area contributed by atoms with Crippen molar-refractivity contribution in [3.05, 3.63) is 59.2 Å². The van der Waals surface area contributed by atoms with Gasteiger partial charge in [-0.1, -0.05) is 29.8 Å². The number of sulfonamides is 1. The van der Waals surface area contributed by atoms with Crippen LogP contribution in [0.1, 0.15) is 29.2 Å². The average Bonchev–Trinajstić information content (AvgIpc) is 3.21. The van der Waals surface area contributed by atoms with Crippen LogP contribution >= 0.6 is 0 Å². The number of fused-ring (bicyclic) bond motifs is 1. The highest BCUT2D eigenvalue weighted by molar-refractivity contribution is 7.88. The van der Waals surface area contributed by atoms with Crippen molar-refractivity contribution in [3.8, 4) is 11.5 Å². The summed E-state index contributed by atoms with van der Waals surface area (Å²) < 4.78 is 36.4. The number of nitrogens with zero attached hydrogens (tertiary/aromatic N) is 2. The molecule has 0 aromatic heterocycles. The van der Waals surface area contributed by atoms with E-state index in [9.17, 15) is 8.42 Å². The molecule has 2 aromatic rings. The van der Waals surface area contributed by atoms with Crippen molar-refractivity contribution in [2.24, 2.45) is 5.10 Å². The number of rotatable bonds is 3. The van der Waals surface area contributed by atoms with E-state index >= 15 is 0 Å². The molecule has 25 heavy (non-hydrogen) atoms. The maximum Gasteiger partial charge on any atom is 0.247 e. The molecule has 2 aliphatic heterocycles. The van der Waals surface area contributed by atoms with E-state index in [4.69, 9.17) is 9.47 Å². The van der Waals surface area contributed by atoms with Gasteiger partial charge in [0.05, 0.1) is 18.0 Å². The molecule has 0 radical (unpaired) electrons. The molecule has 0 saturated heterocycles. The van der Waals surface area contributed by atoms with Crippen molar-refractivity contribution in [3.63, 3.8) is 0 Å². The van der Waals surface area contributed by atoms with Gasteiger partial charge in [-0.05, 0) is 30.7 Å². The Morgan fingerprint density at radius 2 is 1.80 bits per heavy atom. The van der Waals surface area contributed by atoms with Gasteiger partial charge in [0.1, 0.15) is 0 Å². The molecule has 6 nitrogen and oxygen atoms in total. The van der Waals surface area contributed by atoms with E-state index in [0.717, 1.165) is 16.7 Å². The Morgan fingerprint density at radius 1 is 1.08 bits per heavy atom. The second-order valence-corrected chi connectivity index (χ2v) is 8.12. The number of benzene rings is 2. The third-order valence-corrected chi connectivity index (χ3v) is 5.40. The molecule has 7 heteroatoms. The second-order valence-electron chi connectivity index (χ2n) is 6.28. The Hall–Kier alpha value is -2.54. The predicted molar refractivity (Wildman–Crippen MR) is 94.3 cm³/mol. The Labute approximate surface area is 146 Å². The lowest BCUT2D eigenvalue weighted by atomic mass is 9.98. The molecule has 1 unspecified atom stereocenters. The van der Waals surface area contributed by atoms with E-state index in [2.05, 4.69) is 5.10 Å². The highest BCUT2D eigenvalue weighted by atomic mass is 32.2. The summed E-state index contributed by atoms with van der Waals surface area (Å²) in [4.78, 5) is 0. The minimum Gasteiger partial charge on any atom is -0.454 e. The Kier molecular flexibility index (Phi) is 3.68. The summed E-state index contributed by atoms with van der Waals surface area (Å²) in [6, 6.07) is 13.1. The molecule has 0 saturated carbocycles. The van der Waals surface area contributed by atoms with Crippen LogP contribution in [-0.4, -0.2) is 31.6 Å². The van der Waals surface area contributed by atoms with Crippen molar-refractivity contribution < 1.29 is 17.9 Å². The molecular formula is C18H18N2O4S. The normalized spacial score (nSPS) is 19.2. The van der Waals surface area contributed by atoms with Crippen molar-refractivity contribution in [1.82, 2.24) is 4.41 Å². The standard InChI is InChI=1S/C18H18N2O4S/c1-12-3-5-13(6-4-12)16-10-15(19-20(16)25(2,21)22)14-7-8-17-18(9-14)24-11-23-17/h3-9,16H,10-11H2,1-2H3. The maximum atomic E-state index is 12.2. The number of hydrogen-bond acceptors (Lipinski definition) is 5. The lowest BCUT2D eigenvalue weighted by Crippen LogP contribution is -2.25. The van der Waals surface area contributed by atoms with Crippen LogP contribution in [0.15, 0.2) is 47.6 Å². The van der Waals surface area contributed by atoms with E-state index in [1.165, 1.54) is 10.7 Å². The van der Waals surface area contributed by atoms with Crippen molar-refractivity contribution in [2.45, 2.75) is 19.4 Å². The number of hydrogen-bond donors (Lipinski definition) is 0. The summed E-state index contributed by atoms with van der Waals surface area (Å²) in [5.74, 6) is 1.35. The maximum absolute atomic E-state index is 12.2. The summed E-state index contributed by atoms with van der Waals surface area (Å²) in [5, 5.41) is 4.40. The Morgan fingerprint density at radius 3 is 2.52 bits per heavy atom. The van der Waals surface area contributed by atoms with Gasteiger partial charge in [-0.25, -0.2) is 8.42 Å². The summed E-state index contributed by atoms with van der Waals surface area (Å²) >= 11 is 0. The molecule has 0 aliphatic carbocycles. The topological polar surface area (TPSA) is 68.2 Å². The fourth-order valence-corrected chi connectivity index (χ4v) is 3.99. The van der Waals surface area contributed by atoms with Crippen LogP contribution in [0.2, 0.25) is 0 Å². The largest absolute Gasteiger partial charge is 0.454 e. The van der Waals surface area contributed by atoms with Gasteiger partial charge in [0, 0.05) is 12.0 Å². The molecule has 0 bridgehead atoms. The average molecular weight is 358 g/mol. The van der Waals surface area contributed by atoms with E-state index in [1.807, 2.05) is 49.4 Å². The zero-order valence-corrected chi connectivity index (χ0v) is 14.8. The highest BCUT2D eigenvalue weighted by Crippen LogP contribution is 2.37. The fourth-order valence-electron chi connectivity index (χ4n) is 3.08. The molecule has 0 spiro atoms. The van der Waals surface area contributed by atoms with Gasteiger partial charge >= 0.3 is 0 Å². The smallest absolute Gasteiger partial charge is 0.247 e. The van der Waals surface area contributed by atoms with Crippen LogP contribution in [0, 0.1) is 6.92 Å². The summed E-state index contributed by atoms with van der Waals surface area (Å²) in [5.41, 5.74) is 3.61.